The van der Waals surface area contributed by atoms with Crippen molar-refractivity contribution >= 4 is 16.8 Å². The molecule has 0 aliphatic heterocycles. The largest absolute Gasteiger partial charge is 0.496 e. The van der Waals surface area contributed by atoms with E-state index in [1.54, 1.807) is 24.3 Å². The number of nitrogens with one attached hydrogen (secondary N) is 2. The summed E-state index contributed by atoms with van der Waals surface area (Å²) in [4.78, 5) is 38.9. The number of hydrogen-bond donors (Lipinski definition) is 2. The molecule has 0 saturated carbocycles. The SMILES string of the molecule is COc1ccccc1CNC(=O)CCn1c(=O)[nH]c2cc(F)c(F)cc2c1=O. The lowest BCUT2D eigenvalue weighted by Gasteiger charge is -2.10. The minimum Gasteiger partial charge on any atom is -0.496 e. The Balaban J connectivity index is 1.73. The van der Waals surface area contributed by atoms with Crippen molar-refractivity contribution in [3.8, 4) is 5.75 Å². The van der Waals surface area contributed by atoms with E-state index in [-0.39, 0.29) is 36.3 Å². The maximum atomic E-state index is 13.4. The first-order chi connectivity index (χ1) is 13.4. The zero-order chi connectivity index (χ0) is 20.3. The molecule has 7 nitrogen and oxygen atoms in total. The summed E-state index contributed by atoms with van der Waals surface area (Å²) in [6.45, 7) is 0.0111. The molecule has 1 amide bonds. The Morgan fingerprint density at radius 2 is 1.89 bits per heavy atom. The molecule has 28 heavy (non-hydrogen) atoms. The highest BCUT2D eigenvalue weighted by Gasteiger charge is 2.13. The van der Waals surface area contributed by atoms with Crippen LogP contribution < -0.4 is 21.3 Å². The van der Waals surface area contributed by atoms with E-state index in [2.05, 4.69) is 10.3 Å². The number of aromatic nitrogens is 2. The highest BCUT2D eigenvalue weighted by Crippen LogP contribution is 2.16. The second-order valence-corrected chi connectivity index (χ2v) is 6.04. The lowest BCUT2D eigenvalue weighted by Crippen LogP contribution is -2.36. The van der Waals surface area contributed by atoms with Gasteiger partial charge in [-0.05, 0) is 12.1 Å². The highest BCUT2D eigenvalue weighted by molar-refractivity contribution is 5.78. The van der Waals surface area contributed by atoms with Crippen LogP contribution in [0.5, 0.6) is 5.75 Å². The van der Waals surface area contributed by atoms with E-state index >= 15 is 0 Å². The summed E-state index contributed by atoms with van der Waals surface area (Å²) in [6.07, 6.45) is -0.146. The number of methoxy groups -OCH3 is 1. The molecule has 0 bridgehead atoms. The predicted molar refractivity (Wildman–Crippen MR) is 98.2 cm³/mol. The molecule has 0 fully saturated rings. The Kier molecular flexibility index (Phi) is 5.53. The van der Waals surface area contributed by atoms with Crippen LogP contribution in [0, 0.1) is 11.6 Å². The summed E-state index contributed by atoms with van der Waals surface area (Å²) in [6, 6.07) is 8.64. The van der Waals surface area contributed by atoms with Crippen LogP contribution >= 0.6 is 0 Å². The molecule has 9 heteroatoms. The number of H-pyrrole nitrogens is 1. The molecule has 0 radical (unpaired) electrons. The van der Waals surface area contributed by atoms with E-state index in [4.69, 9.17) is 4.74 Å². The van der Waals surface area contributed by atoms with Crippen molar-refractivity contribution in [2.45, 2.75) is 19.5 Å². The predicted octanol–water partition coefficient (Wildman–Crippen LogP) is 1.68. The molecule has 0 spiro atoms. The van der Waals surface area contributed by atoms with Crippen molar-refractivity contribution in [2.75, 3.05) is 7.11 Å². The Bertz CT molecular complexity index is 1150. The molecular formula is C19H17F2N3O4. The Labute approximate surface area is 157 Å². The van der Waals surface area contributed by atoms with E-state index in [0.29, 0.717) is 5.75 Å². The number of benzene rings is 2. The van der Waals surface area contributed by atoms with Gasteiger partial charge in [0, 0.05) is 31.1 Å². The highest BCUT2D eigenvalue weighted by atomic mass is 19.2. The molecule has 3 aromatic rings. The summed E-state index contributed by atoms with van der Waals surface area (Å²) >= 11 is 0. The fraction of sp³-hybridized carbons (Fsp3) is 0.211. The van der Waals surface area contributed by atoms with Crippen molar-refractivity contribution in [2.24, 2.45) is 0 Å². The molecule has 0 aliphatic carbocycles. The van der Waals surface area contributed by atoms with Crippen molar-refractivity contribution in [1.82, 2.24) is 14.9 Å². The van der Waals surface area contributed by atoms with Gasteiger partial charge < -0.3 is 15.0 Å². The van der Waals surface area contributed by atoms with Crippen molar-refractivity contribution in [3.63, 3.8) is 0 Å². The van der Waals surface area contributed by atoms with Crippen LogP contribution in [0.4, 0.5) is 8.78 Å². The second-order valence-electron chi connectivity index (χ2n) is 6.04. The Morgan fingerprint density at radius 3 is 2.64 bits per heavy atom. The number of carbonyl (C=O) groups excluding carboxylic acids is 1. The summed E-state index contributed by atoms with van der Waals surface area (Å²) < 4.78 is 32.7. The van der Waals surface area contributed by atoms with Gasteiger partial charge in [0.25, 0.3) is 5.56 Å². The molecule has 3 rings (SSSR count). The van der Waals surface area contributed by atoms with Gasteiger partial charge in [-0.2, -0.15) is 0 Å². The van der Waals surface area contributed by atoms with Crippen LogP contribution in [0.3, 0.4) is 0 Å². The first-order valence-electron chi connectivity index (χ1n) is 8.41. The van der Waals surface area contributed by atoms with E-state index in [9.17, 15) is 23.2 Å². The third-order valence-corrected chi connectivity index (χ3v) is 4.25. The van der Waals surface area contributed by atoms with Gasteiger partial charge in [0.1, 0.15) is 5.75 Å². The van der Waals surface area contributed by atoms with Crippen LogP contribution in [0.15, 0.2) is 46.0 Å². The number of para-hydroxylation sites is 1. The molecule has 1 heterocycles. The summed E-state index contributed by atoms with van der Waals surface area (Å²) in [7, 11) is 1.52. The minimum absolute atomic E-state index is 0.106. The van der Waals surface area contributed by atoms with Gasteiger partial charge in [-0.15, -0.1) is 0 Å². The number of amides is 1. The molecule has 146 valence electrons. The third kappa shape index (κ3) is 3.93. The molecule has 0 unspecified atom stereocenters. The normalized spacial score (nSPS) is 10.8. The number of ether oxygens (including phenoxy) is 1. The lowest BCUT2D eigenvalue weighted by atomic mass is 10.2. The van der Waals surface area contributed by atoms with E-state index < -0.39 is 22.9 Å². The average molecular weight is 389 g/mol. The average Bonchev–Trinajstić information content (AvgIpc) is 2.68. The van der Waals surface area contributed by atoms with Gasteiger partial charge >= 0.3 is 5.69 Å². The number of aromatic amines is 1. The molecule has 0 atom stereocenters. The topological polar surface area (TPSA) is 93.2 Å². The number of carbonyl (C=O) groups is 1. The molecule has 2 aromatic carbocycles. The Morgan fingerprint density at radius 1 is 1.18 bits per heavy atom. The monoisotopic (exact) mass is 389 g/mol. The Hall–Kier alpha value is -3.49. The second kappa shape index (κ2) is 8.03. The first-order valence-corrected chi connectivity index (χ1v) is 8.41. The molecule has 1 aromatic heterocycles. The molecular weight excluding hydrogens is 372 g/mol. The number of hydrogen-bond acceptors (Lipinski definition) is 4. The van der Waals surface area contributed by atoms with Crippen LogP contribution in [0.25, 0.3) is 10.9 Å². The smallest absolute Gasteiger partial charge is 0.328 e. The van der Waals surface area contributed by atoms with E-state index in [1.165, 1.54) is 7.11 Å². The van der Waals surface area contributed by atoms with Crippen LogP contribution in [-0.4, -0.2) is 22.6 Å². The zero-order valence-corrected chi connectivity index (χ0v) is 14.9. The maximum Gasteiger partial charge on any atom is 0.328 e. The maximum absolute atomic E-state index is 13.4. The molecule has 0 aliphatic rings. The van der Waals surface area contributed by atoms with Crippen molar-refractivity contribution in [3.05, 3.63) is 74.4 Å². The summed E-state index contributed by atoms with van der Waals surface area (Å²) in [5.41, 5.74) is -0.932. The number of halogens is 2. The van der Waals surface area contributed by atoms with Gasteiger partial charge in [-0.3, -0.25) is 14.2 Å². The van der Waals surface area contributed by atoms with Gasteiger partial charge in [0.2, 0.25) is 5.91 Å². The van der Waals surface area contributed by atoms with Crippen molar-refractivity contribution < 1.29 is 18.3 Å². The van der Waals surface area contributed by atoms with Crippen LogP contribution in [0.1, 0.15) is 12.0 Å². The fourth-order valence-corrected chi connectivity index (χ4v) is 2.80. The van der Waals surface area contributed by atoms with E-state index in [0.717, 1.165) is 22.3 Å². The van der Waals surface area contributed by atoms with Gasteiger partial charge in [0.15, 0.2) is 11.6 Å². The van der Waals surface area contributed by atoms with Gasteiger partial charge in [-0.25, -0.2) is 13.6 Å². The lowest BCUT2D eigenvalue weighted by molar-refractivity contribution is -0.121. The van der Waals surface area contributed by atoms with E-state index in [1.807, 2.05) is 0 Å². The first kappa shape index (κ1) is 19.3. The number of nitrogens with zero attached hydrogens (tertiary/aromatic N) is 1. The van der Waals surface area contributed by atoms with Crippen LogP contribution in [-0.2, 0) is 17.9 Å². The van der Waals surface area contributed by atoms with Crippen LogP contribution in [0.2, 0.25) is 0 Å². The summed E-state index contributed by atoms with van der Waals surface area (Å²) in [5, 5.41) is 2.51. The zero-order valence-electron chi connectivity index (χ0n) is 14.9. The minimum atomic E-state index is -1.20. The van der Waals surface area contributed by atoms with Gasteiger partial charge in [-0.1, -0.05) is 18.2 Å². The quantitative estimate of drug-likeness (QED) is 0.671. The summed E-state index contributed by atoms with van der Waals surface area (Å²) in [5.74, 6) is -2.13. The number of rotatable bonds is 6. The standard InChI is InChI=1S/C19H17F2N3O4/c1-28-16-5-3-2-4-11(16)10-22-17(25)6-7-24-18(26)12-8-13(20)14(21)9-15(12)23-19(24)27/h2-5,8-9H,6-7,10H2,1H3,(H,22,25)(H,23,27). The fourth-order valence-electron chi connectivity index (χ4n) is 2.80. The molecule has 0 saturated heterocycles. The van der Waals surface area contributed by atoms with Crippen molar-refractivity contribution in [1.29, 1.82) is 0 Å². The van der Waals surface area contributed by atoms with Gasteiger partial charge in [0.05, 0.1) is 18.0 Å². The molecule has 2 N–H and O–H groups in total. The third-order valence-electron chi connectivity index (χ3n) is 4.25. The number of fused-ring (bicyclic) bond motifs is 1.